The summed E-state index contributed by atoms with van der Waals surface area (Å²) in [5, 5.41) is 11.1. The molecule has 9 heteroatoms. The maximum atomic E-state index is 7.83. The van der Waals surface area contributed by atoms with E-state index in [9.17, 15) is 0 Å². The average molecular weight is 462 g/mol. The van der Waals surface area contributed by atoms with E-state index in [1.54, 1.807) is 23.6 Å². The molecule has 2 aliphatic rings. The lowest BCUT2D eigenvalue weighted by molar-refractivity contribution is 0.0334. The van der Waals surface area contributed by atoms with Crippen LogP contribution in [0.15, 0.2) is 36.5 Å². The van der Waals surface area contributed by atoms with Gasteiger partial charge in [-0.1, -0.05) is 6.08 Å². The number of fused-ring (bicyclic) bond motifs is 1. The lowest BCUT2D eigenvalue weighted by Gasteiger charge is -2.30. The normalized spacial score (nSPS) is 18.1. The number of nitrogens with two attached hydrogens (primary N) is 2. The predicted octanol–water partition coefficient (Wildman–Crippen LogP) is 3.63. The molecule has 1 unspecified atom stereocenters. The summed E-state index contributed by atoms with van der Waals surface area (Å²) in [6, 6.07) is 7.85. The Morgan fingerprint density at radius 2 is 2.09 bits per heavy atom. The molecule has 170 valence electrons. The van der Waals surface area contributed by atoms with Gasteiger partial charge in [0.25, 0.3) is 0 Å². The zero-order valence-electron chi connectivity index (χ0n) is 18.3. The molecular formula is C24H27N7OS. The lowest BCUT2D eigenvalue weighted by atomic mass is 9.93. The molecule has 0 spiro atoms. The third-order valence-corrected chi connectivity index (χ3v) is 7.20. The fraction of sp³-hybridized carbons (Fsp3) is 0.292. The molecular weight excluding hydrogens is 434 g/mol. The van der Waals surface area contributed by atoms with Gasteiger partial charge in [0, 0.05) is 64.3 Å². The zero-order chi connectivity index (χ0) is 22.8. The molecule has 1 aliphatic heterocycles. The van der Waals surface area contributed by atoms with E-state index < -0.39 is 0 Å². The van der Waals surface area contributed by atoms with Gasteiger partial charge in [0.15, 0.2) is 0 Å². The van der Waals surface area contributed by atoms with Gasteiger partial charge in [-0.05, 0) is 48.2 Å². The first-order valence-corrected chi connectivity index (χ1v) is 11.8. The number of anilines is 4. The van der Waals surface area contributed by atoms with Crippen molar-refractivity contribution in [3.05, 3.63) is 52.5 Å². The molecule has 5 rings (SSSR count). The van der Waals surface area contributed by atoms with Gasteiger partial charge in [-0.2, -0.15) is 4.98 Å². The van der Waals surface area contributed by atoms with Crippen LogP contribution in [0.4, 0.5) is 23.1 Å². The number of ether oxygens (including phenoxy) is 1. The Kier molecular flexibility index (Phi) is 6.08. The maximum Gasteiger partial charge on any atom is 0.221 e. The van der Waals surface area contributed by atoms with Gasteiger partial charge in [-0.25, -0.2) is 4.98 Å². The minimum atomic E-state index is 0.201. The molecule has 0 amide bonds. The first kappa shape index (κ1) is 21.6. The summed E-state index contributed by atoms with van der Waals surface area (Å²) in [5.74, 6) is 1.30. The molecule has 6 N–H and O–H groups in total. The van der Waals surface area contributed by atoms with Gasteiger partial charge < -0.3 is 26.9 Å². The molecule has 2 aromatic heterocycles. The van der Waals surface area contributed by atoms with Crippen molar-refractivity contribution in [1.29, 1.82) is 5.41 Å². The van der Waals surface area contributed by atoms with Gasteiger partial charge in [-0.3, -0.25) is 4.90 Å². The number of nitrogens with one attached hydrogen (secondary N) is 2. The van der Waals surface area contributed by atoms with Crippen molar-refractivity contribution in [1.82, 2.24) is 14.9 Å². The SMILES string of the molecule is N=Cc1cc(Nc2ccnc(N)n2)cc(-c2cc3c(s2)C=CC(CN2CCOCC2)C3)c1N. The Morgan fingerprint density at radius 3 is 2.88 bits per heavy atom. The Hall–Kier alpha value is -3.27. The number of thiophene rings is 1. The van der Waals surface area contributed by atoms with Crippen LogP contribution in [0.2, 0.25) is 0 Å². The highest BCUT2D eigenvalue weighted by molar-refractivity contribution is 7.16. The van der Waals surface area contributed by atoms with Crippen molar-refractivity contribution in [3.63, 3.8) is 0 Å². The quantitative estimate of drug-likeness (QED) is 0.326. The maximum absolute atomic E-state index is 7.83. The molecule has 3 heterocycles. The van der Waals surface area contributed by atoms with Gasteiger partial charge >= 0.3 is 0 Å². The highest BCUT2D eigenvalue weighted by atomic mass is 32.1. The smallest absolute Gasteiger partial charge is 0.221 e. The van der Waals surface area contributed by atoms with Crippen LogP contribution >= 0.6 is 11.3 Å². The van der Waals surface area contributed by atoms with E-state index in [1.165, 1.54) is 16.7 Å². The second kappa shape index (κ2) is 9.30. The van der Waals surface area contributed by atoms with Crippen LogP contribution in [0.1, 0.15) is 16.0 Å². The standard InChI is InChI=1S/C24H27N7OS/c25-13-17-10-18(29-22-3-4-28-24(27)30-22)12-19(23(17)26)21-11-16-9-15(1-2-20(16)33-21)14-31-5-7-32-8-6-31/h1-4,10-13,15,25H,5-9,14,26H2,(H3,27,28,29,30). The minimum Gasteiger partial charge on any atom is -0.398 e. The summed E-state index contributed by atoms with van der Waals surface area (Å²) in [6.45, 7) is 4.72. The van der Waals surface area contributed by atoms with Crippen LogP contribution in [-0.4, -0.2) is 53.9 Å². The first-order chi connectivity index (χ1) is 16.1. The van der Waals surface area contributed by atoms with Crippen LogP contribution in [0.5, 0.6) is 0 Å². The van der Waals surface area contributed by atoms with E-state index in [4.69, 9.17) is 21.6 Å². The number of aromatic nitrogens is 2. The number of hydrogen-bond donors (Lipinski definition) is 4. The molecule has 1 saturated heterocycles. The molecule has 1 fully saturated rings. The fourth-order valence-corrected chi connectivity index (χ4v) is 5.49. The summed E-state index contributed by atoms with van der Waals surface area (Å²) >= 11 is 1.74. The molecule has 0 saturated carbocycles. The van der Waals surface area contributed by atoms with E-state index in [-0.39, 0.29) is 5.95 Å². The van der Waals surface area contributed by atoms with Crippen LogP contribution < -0.4 is 16.8 Å². The molecule has 0 radical (unpaired) electrons. The lowest BCUT2D eigenvalue weighted by Crippen LogP contribution is -2.39. The van der Waals surface area contributed by atoms with Crippen LogP contribution in [0.25, 0.3) is 16.5 Å². The Labute approximate surface area is 196 Å². The molecule has 8 nitrogen and oxygen atoms in total. The summed E-state index contributed by atoms with van der Waals surface area (Å²) < 4.78 is 5.48. The number of nitrogen functional groups attached to an aromatic ring is 2. The van der Waals surface area contributed by atoms with Gasteiger partial charge in [0.2, 0.25) is 5.95 Å². The Balaban J connectivity index is 1.40. The van der Waals surface area contributed by atoms with Crippen LogP contribution in [-0.2, 0) is 11.2 Å². The van der Waals surface area contributed by atoms with Crippen molar-refractivity contribution in [2.24, 2.45) is 5.92 Å². The highest BCUT2D eigenvalue weighted by Crippen LogP contribution is 2.41. The van der Waals surface area contributed by atoms with E-state index in [0.29, 0.717) is 23.0 Å². The highest BCUT2D eigenvalue weighted by Gasteiger charge is 2.22. The van der Waals surface area contributed by atoms with Crippen molar-refractivity contribution in [2.75, 3.05) is 49.6 Å². The fourth-order valence-electron chi connectivity index (χ4n) is 4.35. The van der Waals surface area contributed by atoms with Gasteiger partial charge in [0.1, 0.15) is 5.82 Å². The van der Waals surface area contributed by atoms with E-state index >= 15 is 0 Å². The molecule has 3 aromatic rings. The third-order valence-electron chi connectivity index (χ3n) is 6.02. The zero-order valence-corrected chi connectivity index (χ0v) is 19.1. The molecule has 0 bridgehead atoms. The largest absolute Gasteiger partial charge is 0.398 e. The van der Waals surface area contributed by atoms with Gasteiger partial charge in [0.05, 0.1) is 13.2 Å². The van der Waals surface area contributed by atoms with E-state index in [0.717, 1.165) is 55.4 Å². The van der Waals surface area contributed by atoms with Crippen molar-refractivity contribution < 1.29 is 4.74 Å². The number of rotatable bonds is 6. The summed E-state index contributed by atoms with van der Waals surface area (Å²) in [6.07, 6.45) is 8.49. The first-order valence-electron chi connectivity index (χ1n) is 11.0. The molecule has 1 aliphatic carbocycles. The Morgan fingerprint density at radius 1 is 1.24 bits per heavy atom. The van der Waals surface area contributed by atoms with E-state index in [1.807, 2.05) is 12.1 Å². The molecule has 33 heavy (non-hydrogen) atoms. The van der Waals surface area contributed by atoms with Crippen molar-refractivity contribution in [2.45, 2.75) is 6.42 Å². The number of morpholine rings is 1. The van der Waals surface area contributed by atoms with Crippen molar-refractivity contribution >= 4 is 46.8 Å². The third kappa shape index (κ3) is 4.75. The van der Waals surface area contributed by atoms with Crippen molar-refractivity contribution in [3.8, 4) is 10.4 Å². The monoisotopic (exact) mass is 461 g/mol. The van der Waals surface area contributed by atoms with Crippen LogP contribution in [0.3, 0.4) is 0 Å². The second-order valence-corrected chi connectivity index (χ2v) is 9.42. The average Bonchev–Trinajstić information content (AvgIpc) is 3.24. The number of hydrogen-bond acceptors (Lipinski definition) is 9. The van der Waals surface area contributed by atoms with E-state index in [2.05, 4.69) is 38.4 Å². The molecule has 1 aromatic carbocycles. The van der Waals surface area contributed by atoms with Gasteiger partial charge in [-0.15, -0.1) is 11.3 Å². The Bertz CT molecular complexity index is 1200. The topological polar surface area (TPSA) is 126 Å². The molecule has 1 atom stereocenters. The summed E-state index contributed by atoms with van der Waals surface area (Å²) in [4.78, 5) is 13.0. The second-order valence-electron chi connectivity index (χ2n) is 8.33. The number of nitrogens with zero attached hydrogens (tertiary/aromatic N) is 3. The number of benzene rings is 1. The summed E-state index contributed by atoms with van der Waals surface area (Å²) in [5.41, 5.74) is 16.5. The summed E-state index contributed by atoms with van der Waals surface area (Å²) in [7, 11) is 0. The predicted molar refractivity (Wildman–Crippen MR) is 135 cm³/mol. The minimum absolute atomic E-state index is 0.201. The van der Waals surface area contributed by atoms with Crippen LogP contribution in [0, 0.1) is 11.3 Å².